The van der Waals surface area contributed by atoms with Gasteiger partial charge in [-0.25, -0.2) is 8.42 Å². The topological polar surface area (TPSA) is 85.1 Å². The molecule has 0 saturated carbocycles. The second-order valence-electron chi connectivity index (χ2n) is 4.94. The van der Waals surface area contributed by atoms with Crippen molar-refractivity contribution in [3.05, 3.63) is 35.7 Å². The highest BCUT2D eigenvalue weighted by molar-refractivity contribution is 7.90. The third-order valence-electron chi connectivity index (χ3n) is 3.34. The summed E-state index contributed by atoms with van der Waals surface area (Å²) in [5.41, 5.74) is 1.92. The zero-order chi connectivity index (χ0) is 15.5. The SMILES string of the molecule is CNCCc1ccccc1-c1nc(C(C)S(C)(=O)=O)no1. The number of likely N-dealkylation sites (N-methyl/N-ethyl adjacent to an activating group) is 1. The maximum Gasteiger partial charge on any atom is 0.258 e. The minimum Gasteiger partial charge on any atom is -0.334 e. The van der Waals surface area contributed by atoms with Crippen LogP contribution in [0, 0.1) is 0 Å². The van der Waals surface area contributed by atoms with Crippen LogP contribution in [0.1, 0.15) is 23.6 Å². The molecular formula is C14H19N3O3S. The predicted molar refractivity (Wildman–Crippen MR) is 80.6 cm³/mol. The standard InChI is InChI=1S/C14H19N3O3S/c1-10(21(3,18)19)13-16-14(20-17-13)12-7-5-4-6-11(12)8-9-15-2/h4-7,10,15H,8-9H2,1-3H3. The average Bonchev–Trinajstić information content (AvgIpc) is 2.93. The molecule has 7 heteroatoms. The van der Waals surface area contributed by atoms with Crippen molar-refractivity contribution in [2.45, 2.75) is 18.6 Å². The summed E-state index contributed by atoms with van der Waals surface area (Å²) in [7, 11) is -1.35. The Labute approximate surface area is 124 Å². The Hall–Kier alpha value is -1.73. The Morgan fingerprint density at radius 1 is 1.33 bits per heavy atom. The fourth-order valence-electron chi connectivity index (χ4n) is 1.91. The van der Waals surface area contributed by atoms with Crippen LogP contribution in [-0.4, -0.2) is 38.4 Å². The molecule has 6 nitrogen and oxygen atoms in total. The molecule has 0 radical (unpaired) electrons. The zero-order valence-corrected chi connectivity index (χ0v) is 13.1. The van der Waals surface area contributed by atoms with E-state index in [1.807, 2.05) is 31.3 Å². The van der Waals surface area contributed by atoms with Crippen molar-refractivity contribution in [2.75, 3.05) is 19.8 Å². The van der Waals surface area contributed by atoms with E-state index in [2.05, 4.69) is 15.5 Å². The molecule has 0 spiro atoms. The van der Waals surface area contributed by atoms with Gasteiger partial charge in [-0.3, -0.25) is 0 Å². The molecule has 1 aromatic carbocycles. The van der Waals surface area contributed by atoms with E-state index in [1.165, 1.54) is 0 Å². The summed E-state index contributed by atoms with van der Waals surface area (Å²) in [6, 6.07) is 7.73. The maximum absolute atomic E-state index is 11.6. The average molecular weight is 309 g/mol. The number of nitrogens with one attached hydrogen (secondary N) is 1. The van der Waals surface area contributed by atoms with Crippen molar-refractivity contribution in [1.29, 1.82) is 0 Å². The van der Waals surface area contributed by atoms with Crippen molar-refractivity contribution in [1.82, 2.24) is 15.5 Å². The lowest BCUT2D eigenvalue weighted by molar-refractivity contribution is 0.421. The molecule has 114 valence electrons. The largest absolute Gasteiger partial charge is 0.334 e. The molecule has 1 unspecified atom stereocenters. The molecule has 0 bridgehead atoms. The molecule has 0 aliphatic rings. The highest BCUT2D eigenvalue weighted by Gasteiger charge is 2.24. The summed E-state index contributed by atoms with van der Waals surface area (Å²) < 4.78 is 28.4. The van der Waals surface area contributed by atoms with Gasteiger partial charge in [0.05, 0.1) is 0 Å². The minimum absolute atomic E-state index is 0.191. The molecule has 1 atom stereocenters. The predicted octanol–water partition coefficient (Wildman–Crippen LogP) is 1.60. The van der Waals surface area contributed by atoms with Crippen LogP contribution < -0.4 is 5.32 Å². The van der Waals surface area contributed by atoms with E-state index < -0.39 is 15.1 Å². The molecule has 1 heterocycles. The first-order valence-electron chi connectivity index (χ1n) is 6.69. The van der Waals surface area contributed by atoms with Gasteiger partial charge in [0.25, 0.3) is 5.89 Å². The fourth-order valence-corrected chi connectivity index (χ4v) is 2.39. The van der Waals surface area contributed by atoms with Gasteiger partial charge < -0.3 is 9.84 Å². The highest BCUT2D eigenvalue weighted by Crippen LogP contribution is 2.25. The number of aromatic nitrogens is 2. The van der Waals surface area contributed by atoms with Crippen molar-refractivity contribution in [3.63, 3.8) is 0 Å². The van der Waals surface area contributed by atoms with Crippen LogP contribution in [0.5, 0.6) is 0 Å². The van der Waals surface area contributed by atoms with Crippen LogP contribution in [-0.2, 0) is 16.3 Å². The Kier molecular flexibility index (Phi) is 4.74. The smallest absolute Gasteiger partial charge is 0.258 e. The van der Waals surface area contributed by atoms with Gasteiger partial charge in [-0.1, -0.05) is 23.4 Å². The van der Waals surface area contributed by atoms with Crippen molar-refractivity contribution < 1.29 is 12.9 Å². The van der Waals surface area contributed by atoms with E-state index in [-0.39, 0.29) is 5.82 Å². The summed E-state index contributed by atoms with van der Waals surface area (Å²) in [5, 5.41) is 6.11. The van der Waals surface area contributed by atoms with Gasteiger partial charge in [-0.05, 0) is 38.6 Å². The minimum atomic E-state index is -3.24. The van der Waals surface area contributed by atoms with E-state index in [4.69, 9.17) is 4.52 Å². The summed E-state index contributed by atoms with van der Waals surface area (Å²) in [4.78, 5) is 4.24. The zero-order valence-electron chi connectivity index (χ0n) is 12.3. The lowest BCUT2D eigenvalue weighted by Gasteiger charge is -2.05. The molecule has 0 saturated heterocycles. The summed E-state index contributed by atoms with van der Waals surface area (Å²) in [6.45, 7) is 2.38. The van der Waals surface area contributed by atoms with Gasteiger partial charge in [0.15, 0.2) is 15.7 Å². The van der Waals surface area contributed by atoms with Crippen LogP contribution >= 0.6 is 0 Å². The molecule has 0 aliphatic carbocycles. The van der Waals surface area contributed by atoms with Crippen molar-refractivity contribution in [2.24, 2.45) is 0 Å². The fraction of sp³-hybridized carbons (Fsp3) is 0.429. The van der Waals surface area contributed by atoms with E-state index in [0.29, 0.717) is 5.89 Å². The van der Waals surface area contributed by atoms with Crippen LogP contribution in [0.4, 0.5) is 0 Å². The van der Waals surface area contributed by atoms with Crippen LogP contribution in [0.15, 0.2) is 28.8 Å². The van der Waals surface area contributed by atoms with E-state index in [1.54, 1.807) is 6.92 Å². The second kappa shape index (κ2) is 6.36. The number of rotatable bonds is 6. The Bertz CT molecular complexity index is 710. The monoisotopic (exact) mass is 309 g/mol. The molecule has 1 aromatic heterocycles. The molecule has 2 rings (SSSR count). The van der Waals surface area contributed by atoms with Crippen LogP contribution in [0.3, 0.4) is 0 Å². The summed E-state index contributed by atoms with van der Waals surface area (Å²) >= 11 is 0. The Morgan fingerprint density at radius 2 is 2.05 bits per heavy atom. The van der Waals surface area contributed by atoms with Crippen LogP contribution in [0.2, 0.25) is 0 Å². The van der Waals surface area contributed by atoms with Gasteiger partial charge in [0, 0.05) is 11.8 Å². The van der Waals surface area contributed by atoms with Gasteiger partial charge in [0.2, 0.25) is 0 Å². The Morgan fingerprint density at radius 3 is 2.71 bits per heavy atom. The first kappa shape index (κ1) is 15.7. The number of nitrogens with zero attached hydrogens (tertiary/aromatic N) is 2. The van der Waals surface area contributed by atoms with Crippen LogP contribution in [0.25, 0.3) is 11.5 Å². The molecule has 1 N–H and O–H groups in total. The third kappa shape index (κ3) is 3.68. The first-order valence-corrected chi connectivity index (χ1v) is 8.64. The van der Waals surface area contributed by atoms with Crippen molar-refractivity contribution in [3.8, 4) is 11.5 Å². The first-order chi connectivity index (χ1) is 9.93. The lowest BCUT2D eigenvalue weighted by Crippen LogP contribution is -2.11. The van der Waals surface area contributed by atoms with Gasteiger partial charge in [-0.15, -0.1) is 0 Å². The lowest BCUT2D eigenvalue weighted by atomic mass is 10.0. The normalized spacial score (nSPS) is 13.3. The van der Waals surface area contributed by atoms with E-state index in [9.17, 15) is 8.42 Å². The van der Waals surface area contributed by atoms with E-state index in [0.717, 1.165) is 30.3 Å². The van der Waals surface area contributed by atoms with Gasteiger partial charge in [-0.2, -0.15) is 4.98 Å². The highest BCUT2D eigenvalue weighted by atomic mass is 32.2. The molecule has 0 amide bonds. The molecule has 21 heavy (non-hydrogen) atoms. The number of hydrogen-bond donors (Lipinski definition) is 1. The van der Waals surface area contributed by atoms with Gasteiger partial charge in [0.1, 0.15) is 5.25 Å². The number of benzene rings is 1. The summed E-state index contributed by atoms with van der Waals surface area (Å²) in [6.07, 6.45) is 1.99. The Balaban J connectivity index is 2.34. The maximum atomic E-state index is 11.6. The third-order valence-corrected chi connectivity index (χ3v) is 4.83. The quantitative estimate of drug-likeness (QED) is 0.872. The number of hydrogen-bond acceptors (Lipinski definition) is 6. The van der Waals surface area contributed by atoms with Crippen molar-refractivity contribution >= 4 is 9.84 Å². The molecular weight excluding hydrogens is 290 g/mol. The van der Waals surface area contributed by atoms with E-state index >= 15 is 0 Å². The molecule has 0 fully saturated rings. The summed E-state index contributed by atoms with van der Waals surface area (Å²) in [5.74, 6) is 0.545. The second-order valence-corrected chi connectivity index (χ2v) is 7.31. The van der Waals surface area contributed by atoms with Gasteiger partial charge >= 0.3 is 0 Å². The molecule has 2 aromatic rings. The molecule has 0 aliphatic heterocycles. The number of sulfone groups is 1.